The highest BCUT2D eigenvalue weighted by molar-refractivity contribution is 5.78. The molecule has 0 spiro atoms. The van der Waals surface area contributed by atoms with Gasteiger partial charge in [-0.3, -0.25) is 19.4 Å². The zero-order valence-corrected chi connectivity index (χ0v) is 22.7. The van der Waals surface area contributed by atoms with Crippen LogP contribution in [-0.2, 0) is 14.3 Å². The lowest BCUT2D eigenvalue weighted by Gasteiger charge is -2.36. The van der Waals surface area contributed by atoms with E-state index in [1.54, 1.807) is 23.9 Å². The molecule has 3 amide bonds. The van der Waals surface area contributed by atoms with Crippen LogP contribution in [0.3, 0.4) is 0 Å². The Morgan fingerprint density at radius 3 is 2.00 bits per heavy atom. The standard InChI is InChI=1S/C25H48N6O4/c1-25(2,35-24(34)31-18-16-30(17-19-31)20-22(32)27(3)4)10-8-6-7-9-13-28(5)23(33)21-29-14-11-26-12-15-29/h26H,6-21H2,1-5H3. The van der Waals surface area contributed by atoms with Gasteiger partial charge in [0.15, 0.2) is 0 Å². The molecule has 0 aliphatic carbocycles. The number of piperazine rings is 2. The average molecular weight is 497 g/mol. The molecule has 35 heavy (non-hydrogen) atoms. The molecule has 2 fully saturated rings. The third kappa shape index (κ3) is 11.1. The highest BCUT2D eigenvalue weighted by atomic mass is 16.6. The lowest BCUT2D eigenvalue weighted by atomic mass is 10.00. The van der Waals surface area contributed by atoms with Gasteiger partial charge in [0.2, 0.25) is 11.8 Å². The first-order valence-corrected chi connectivity index (χ1v) is 13.1. The van der Waals surface area contributed by atoms with E-state index in [0.717, 1.165) is 64.8 Å². The molecule has 0 saturated carbocycles. The van der Waals surface area contributed by atoms with E-state index < -0.39 is 5.60 Å². The molecular weight excluding hydrogens is 448 g/mol. The summed E-state index contributed by atoms with van der Waals surface area (Å²) >= 11 is 0. The van der Waals surface area contributed by atoms with Gasteiger partial charge in [0.05, 0.1) is 13.1 Å². The second kappa shape index (κ2) is 14.6. The number of unbranched alkanes of at least 4 members (excludes halogenated alkanes) is 3. The first-order valence-electron chi connectivity index (χ1n) is 13.1. The maximum Gasteiger partial charge on any atom is 0.410 e. The van der Waals surface area contributed by atoms with E-state index in [0.29, 0.717) is 39.3 Å². The molecule has 10 heteroatoms. The van der Waals surface area contributed by atoms with Crippen LogP contribution in [0.1, 0.15) is 46.0 Å². The Kier molecular flexibility index (Phi) is 12.2. The van der Waals surface area contributed by atoms with Crippen LogP contribution in [0, 0.1) is 0 Å². The van der Waals surface area contributed by atoms with Gasteiger partial charge >= 0.3 is 6.09 Å². The van der Waals surface area contributed by atoms with Crippen molar-refractivity contribution in [1.82, 2.24) is 29.8 Å². The first-order chi connectivity index (χ1) is 16.6. The number of ether oxygens (including phenoxy) is 1. The summed E-state index contributed by atoms with van der Waals surface area (Å²) in [5.74, 6) is 0.278. The van der Waals surface area contributed by atoms with Crippen molar-refractivity contribution in [3.05, 3.63) is 0 Å². The van der Waals surface area contributed by atoms with Gasteiger partial charge in [0, 0.05) is 80.0 Å². The zero-order valence-electron chi connectivity index (χ0n) is 22.7. The molecule has 2 heterocycles. The molecule has 2 rings (SSSR count). The summed E-state index contributed by atoms with van der Waals surface area (Å²) in [7, 11) is 5.41. The second-order valence-electron chi connectivity index (χ2n) is 10.7. The summed E-state index contributed by atoms with van der Waals surface area (Å²) in [4.78, 5) is 46.4. The molecule has 10 nitrogen and oxygen atoms in total. The molecule has 2 aliphatic rings. The lowest BCUT2D eigenvalue weighted by molar-refractivity contribution is -0.131. The molecule has 0 unspecified atom stereocenters. The fraction of sp³-hybridized carbons (Fsp3) is 0.880. The number of amides is 3. The second-order valence-corrected chi connectivity index (χ2v) is 10.7. The van der Waals surface area contributed by atoms with Gasteiger partial charge in [-0.05, 0) is 33.1 Å². The van der Waals surface area contributed by atoms with Gasteiger partial charge in [0.1, 0.15) is 5.60 Å². The van der Waals surface area contributed by atoms with Gasteiger partial charge in [-0.25, -0.2) is 4.79 Å². The van der Waals surface area contributed by atoms with Crippen molar-refractivity contribution < 1.29 is 19.1 Å². The predicted molar refractivity (Wildman–Crippen MR) is 137 cm³/mol. The van der Waals surface area contributed by atoms with Gasteiger partial charge < -0.3 is 24.8 Å². The van der Waals surface area contributed by atoms with Crippen molar-refractivity contribution in [2.75, 3.05) is 93.1 Å². The van der Waals surface area contributed by atoms with Crippen LogP contribution in [0.15, 0.2) is 0 Å². The van der Waals surface area contributed by atoms with Gasteiger partial charge in [-0.1, -0.05) is 12.8 Å². The van der Waals surface area contributed by atoms with Crippen molar-refractivity contribution in [3.8, 4) is 0 Å². The van der Waals surface area contributed by atoms with Gasteiger partial charge in [0.25, 0.3) is 0 Å². The maximum absolute atomic E-state index is 12.6. The van der Waals surface area contributed by atoms with Crippen LogP contribution < -0.4 is 5.32 Å². The largest absolute Gasteiger partial charge is 0.443 e. The Labute approximate surface area is 211 Å². The molecule has 0 aromatic carbocycles. The van der Waals surface area contributed by atoms with E-state index in [2.05, 4.69) is 15.1 Å². The minimum absolute atomic E-state index is 0.0793. The van der Waals surface area contributed by atoms with E-state index in [1.165, 1.54) is 0 Å². The van der Waals surface area contributed by atoms with Crippen LogP contribution in [0.4, 0.5) is 4.79 Å². The quantitative estimate of drug-likeness (QED) is 0.402. The van der Waals surface area contributed by atoms with Crippen LogP contribution in [0.25, 0.3) is 0 Å². The van der Waals surface area contributed by atoms with Crippen molar-refractivity contribution in [1.29, 1.82) is 0 Å². The fourth-order valence-corrected chi connectivity index (χ4v) is 4.33. The maximum atomic E-state index is 12.6. The van der Waals surface area contributed by atoms with Gasteiger partial charge in [-0.2, -0.15) is 0 Å². The van der Waals surface area contributed by atoms with Crippen molar-refractivity contribution in [2.24, 2.45) is 0 Å². The Morgan fingerprint density at radius 1 is 0.800 bits per heavy atom. The topological polar surface area (TPSA) is 88.7 Å². The Hall–Kier alpha value is -1.91. The predicted octanol–water partition coefficient (Wildman–Crippen LogP) is 0.922. The molecule has 0 aromatic heterocycles. The van der Waals surface area contributed by atoms with E-state index in [9.17, 15) is 14.4 Å². The lowest BCUT2D eigenvalue weighted by Crippen LogP contribution is -2.52. The number of hydrogen-bond acceptors (Lipinski definition) is 7. The van der Waals surface area contributed by atoms with E-state index in [4.69, 9.17) is 4.74 Å². The molecule has 0 aromatic rings. The molecule has 0 bridgehead atoms. The minimum Gasteiger partial charge on any atom is -0.443 e. The Balaban J connectivity index is 1.55. The third-order valence-electron chi connectivity index (χ3n) is 6.87. The first kappa shape index (κ1) is 29.3. The third-order valence-corrected chi connectivity index (χ3v) is 6.87. The van der Waals surface area contributed by atoms with E-state index >= 15 is 0 Å². The average Bonchev–Trinajstić information content (AvgIpc) is 2.81. The summed E-state index contributed by atoms with van der Waals surface area (Å²) in [5, 5.41) is 3.31. The SMILES string of the molecule is CN(C)C(=O)CN1CCN(C(=O)OC(C)(C)CCCCCCN(C)C(=O)CN2CCNCC2)CC1. The molecule has 1 N–H and O–H groups in total. The number of likely N-dealkylation sites (N-methyl/N-ethyl adjacent to an activating group) is 2. The molecule has 0 radical (unpaired) electrons. The Morgan fingerprint density at radius 2 is 1.37 bits per heavy atom. The smallest absolute Gasteiger partial charge is 0.410 e. The molecule has 0 atom stereocenters. The summed E-state index contributed by atoms with van der Waals surface area (Å²) in [6, 6.07) is 0. The van der Waals surface area contributed by atoms with E-state index in [-0.39, 0.29) is 17.9 Å². The molecular formula is C25H48N6O4. The molecule has 2 aliphatic heterocycles. The van der Waals surface area contributed by atoms with Gasteiger partial charge in [-0.15, -0.1) is 0 Å². The summed E-state index contributed by atoms with van der Waals surface area (Å²) in [6.45, 7) is 11.9. The normalized spacial score (nSPS) is 17.8. The zero-order chi connectivity index (χ0) is 25.8. The highest BCUT2D eigenvalue weighted by Crippen LogP contribution is 2.21. The summed E-state index contributed by atoms with van der Waals surface area (Å²) in [6.07, 6.45) is 4.64. The van der Waals surface area contributed by atoms with Crippen LogP contribution in [0.2, 0.25) is 0 Å². The van der Waals surface area contributed by atoms with Crippen LogP contribution in [0.5, 0.6) is 0 Å². The number of nitrogens with one attached hydrogen (secondary N) is 1. The number of rotatable bonds is 12. The number of nitrogens with zero attached hydrogens (tertiary/aromatic N) is 5. The Bertz CT molecular complexity index is 673. The number of carbonyl (C=O) groups is 3. The fourth-order valence-electron chi connectivity index (χ4n) is 4.33. The highest BCUT2D eigenvalue weighted by Gasteiger charge is 2.29. The van der Waals surface area contributed by atoms with Crippen LogP contribution in [-0.4, -0.2) is 141 Å². The van der Waals surface area contributed by atoms with Crippen molar-refractivity contribution >= 4 is 17.9 Å². The number of carbonyl (C=O) groups excluding carboxylic acids is 3. The number of hydrogen-bond donors (Lipinski definition) is 1. The minimum atomic E-state index is -0.509. The summed E-state index contributed by atoms with van der Waals surface area (Å²) in [5.41, 5.74) is -0.509. The van der Waals surface area contributed by atoms with E-state index in [1.807, 2.05) is 25.8 Å². The monoisotopic (exact) mass is 496 g/mol. The molecule has 202 valence electrons. The van der Waals surface area contributed by atoms with Crippen LogP contribution >= 0.6 is 0 Å². The van der Waals surface area contributed by atoms with Crippen molar-refractivity contribution in [3.63, 3.8) is 0 Å². The molecule has 2 saturated heterocycles. The summed E-state index contributed by atoms with van der Waals surface area (Å²) < 4.78 is 5.81. The van der Waals surface area contributed by atoms with Crippen molar-refractivity contribution in [2.45, 2.75) is 51.6 Å².